The molecule has 0 spiro atoms. The zero-order valence-corrected chi connectivity index (χ0v) is 17.9. The number of carbonyl (C=O) groups excluding carboxylic acids is 2. The smallest absolute Gasteiger partial charge is 0.266 e. The van der Waals surface area contributed by atoms with Crippen molar-refractivity contribution in [2.75, 3.05) is 32.0 Å². The number of hydrogen-bond donors (Lipinski definition) is 1. The lowest BCUT2D eigenvalue weighted by Gasteiger charge is -2.33. The summed E-state index contributed by atoms with van der Waals surface area (Å²) in [7, 11) is 1.85. The molecule has 2 aliphatic heterocycles. The summed E-state index contributed by atoms with van der Waals surface area (Å²) in [6.45, 7) is 6.09. The van der Waals surface area contributed by atoms with E-state index in [0.29, 0.717) is 30.9 Å². The number of fused-ring (bicyclic) bond motifs is 1. The fraction of sp³-hybridized carbons (Fsp3) is 0.550. The summed E-state index contributed by atoms with van der Waals surface area (Å²) in [5, 5.41) is 3.19. The minimum Gasteiger partial charge on any atom is -0.373 e. The number of amides is 2. The zero-order chi connectivity index (χ0) is 20.5. The molecule has 0 aromatic carbocycles. The molecule has 2 aliphatic rings. The summed E-state index contributed by atoms with van der Waals surface area (Å²) in [5.41, 5.74) is 4.48. The largest absolute Gasteiger partial charge is 0.373 e. The number of carbonyl (C=O) groups is 2. The van der Waals surface area contributed by atoms with Gasteiger partial charge in [0.1, 0.15) is 16.5 Å². The van der Waals surface area contributed by atoms with Crippen LogP contribution >= 0.6 is 11.3 Å². The molecular weight excluding hydrogens is 388 g/mol. The van der Waals surface area contributed by atoms with Gasteiger partial charge in [-0.05, 0) is 19.8 Å². The number of aryl methyl sites for hydroxylation is 1. The summed E-state index contributed by atoms with van der Waals surface area (Å²) in [5.74, 6) is 1.87. The van der Waals surface area contributed by atoms with Crippen LogP contribution in [0.1, 0.15) is 58.1 Å². The normalized spacial score (nSPS) is 19.1. The molecule has 4 rings (SSSR count). The highest BCUT2D eigenvalue weighted by atomic mass is 32.1. The van der Waals surface area contributed by atoms with E-state index in [1.165, 1.54) is 11.3 Å². The number of aromatic nitrogens is 3. The van der Waals surface area contributed by atoms with Crippen LogP contribution in [0.3, 0.4) is 0 Å². The van der Waals surface area contributed by atoms with Crippen molar-refractivity contribution in [2.45, 2.75) is 45.6 Å². The number of likely N-dealkylation sites (tertiary alicyclic amines) is 1. The molecule has 0 radical (unpaired) electrons. The fourth-order valence-electron chi connectivity index (χ4n) is 4.12. The van der Waals surface area contributed by atoms with E-state index in [9.17, 15) is 9.59 Å². The van der Waals surface area contributed by atoms with Gasteiger partial charge in [0.25, 0.3) is 5.91 Å². The van der Waals surface area contributed by atoms with Gasteiger partial charge < -0.3 is 15.1 Å². The lowest BCUT2D eigenvalue weighted by molar-refractivity contribution is -0.130. The average Bonchev–Trinajstić information content (AvgIpc) is 3.17. The number of nitrogens with zero attached hydrogens (tertiary/aromatic N) is 5. The predicted octanol–water partition coefficient (Wildman–Crippen LogP) is 2.21. The first-order valence-electron chi connectivity index (χ1n) is 10.00. The second-order valence-corrected chi connectivity index (χ2v) is 8.51. The van der Waals surface area contributed by atoms with Crippen molar-refractivity contribution in [3.8, 4) is 0 Å². The van der Waals surface area contributed by atoms with Gasteiger partial charge in [-0.15, -0.1) is 11.3 Å². The number of rotatable bonds is 3. The highest BCUT2D eigenvalue weighted by molar-refractivity contribution is 7.11. The number of piperidine rings is 1. The Hall–Kier alpha value is -2.55. The molecule has 154 valence electrons. The van der Waals surface area contributed by atoms with E-state index < -0.39 is 0 Å². The van der Waals surface area contributed by atoms with Gasteiger partial charge in [0.15, 0.2) is 0 Å². The van der Waals surface area contributed by atoms with Crippen molar-refractivity contribution in [1.29, 1.82) is 0 Å². The first-order chi connectivity index (χ1) is 14.0. The van der Waals surface area contributed by atoms with Gasteiger partial charge in [0.2, 0.25) is 5.91 Å². The molecule has 1 fully saturated rings. The third-order valence-electron chi connectivity index (χ3n) is 5.77. The van der Waals surface area contributed by atoms with Crippen LogP contribution < -0.4 is 5.32 Å². The van der Waals surface area contributed by atoms with Crippen LogP contribution in [0.2, 0.25) is 0 Å². The monoisotopic (exact) mass is 414 g/mol. The molecular formula is C20H26N6O2S. The minimum atomic E-state index is 0.0196. The molecule has 2 aromatic heterocycles. The van der Waals surface area contributed by atoms with Crippen molar-refractivity contribution in [1.82, 2.24) is 24.8 Å². The Morgan fingerprint density at radius 2 is 2.07 bits per heavy atom. The number of hydrogen-bond acceptors (Lipinski definition) is 7. The van der Waals surface area contributed by atoms with Crippen LogP contribution in [0.4, 0.5) is 5.82 Å². The van der Waals surface area contributed by atoms with Crippen LogP contribution in [0.15, 0.2) is 5.51 Å². The molecule has 2 aromatic rings. The van der Waals surface area contributed by atoms with Crippen molar-refractivity contribution >= 4 is 29.0 Å². The quantitative estimate of drug-likeness (QED) is 0.828. The highest BCUT2D eigenvalue weighted by Gasteiger charge is 2.30. The van der Waals surface area contributed by atoms with Crippen molar-refractivity contribution in [2.24, 2.45) is 0 Å². The highest BCUT2D eigenvalue weighted by Crippen LogP contribution is 2.30. The number of anilines is 1. The Balaban J connectivity index is 1.59. The topological polar surface area (TPSA) is 91.3 Å². The molecule has 9 heteroatoms. The van der Waals surface area contributed by atoms with Crippen molar-refractivity contribution in [3.63, 3.8) is 0 Å². The third kappa shape index (κ3) is 3.83. The van der Waals surface area contributed by atoms with Crippen molar-refractivity contribution < 1.29 is 9.59 Å². The molecule has 0 aliphatic carbocycles. The van der Waals surface area contributed by atoms with Gasteiger partial charge >= 0.3 is 0 Å². The van der Waals surface area contributed by atoms with Gasteiger partial charge in [0.05, 0.1) is 23.4 Å². The maximum atomic E-state index is 12.9. The van der Waals surface area contributed by atoms with E-state index >= 15 is 0 Å². The Bertz CT molecular complexity index is 926. The van der Waals surface area contributed by atoms with Crippen LogP contribution in [0.5, 0.6) is 0 Å². The van der Waals surface area contributed by atoms with Crippen molar-refractivity contribution in [3.05, 3.63) is 33.2 Å². The Morgan fingerprint density at radius 1 is 1.24 bits per heavy atom. The second-order valence-electron chi connectivity index (χ2n) is 7.65. The maximum Gasteiger partial charge on any atom is 0.266 e. The van der Waals surface area contributed by atoms with Crippen LogP contribution in [-0.4, -0.2) is 63.2 Å². The molecule has 1 atom stereocenters. The molecule has 0 saturated carbocycles. The van der Waals surface area contributed by atoms with E-state index in [2.05, 4.69) is 10.3 Å². The summed E-state index contributed by atoms with van der Waals surface area (Å²) in [6.07, 6.45) is 2.66. The zero-order valence-electron chi connectivity index (χ0n) is 17.1. The Kier molecular flexibility index (Phi) is 5.49. The molecule has 2 amide bonds. The fourth-order valence-corrected chi connectivity index (χ4v) is 4.89. The maximum absolute atomic E-state index is 12.9. The van der Waals surface area contributed by atoms with Crippen LogP contribution in [0, 0.1) is 6.92 Å². The van der Waals surface area contributed by atoms with E-state index in [-0.39, 0.29) is 17.7 Å². The molecule has 0 bridgehead atoms. The van der Waals surface area contributed by atoms with Crippen LogP contribution in [0.25, 0.3) is 0 Å². The summed E-state index contributed by atoms with van der Waals surface area (Å²) < 4.78 is 0. The molecule has 8 nitrogen and oxygen atoms in total. The van der Waals surface area contributed by atoms with Crippen LogP contribution in [-0.2, 0) is 17.8 Å². The van der Waals surface area contributed by atoms with Gasteiger partial charge in [0, 0.05) is 51.5 Å². The standard InChI is InChI=1S/C20H26N6O2S/c1-12-17(29-11-22-12)20(28)26-8-6-16-15(10-26)19(21-3)24-18(23-16)14-5-4-7-25(9-14)13(2)27/h11,14H,4-10H2,1-3H3,(H,21,23,24)/t14-/m1/s1. The molecule has 1 saturated heterocycles. The minimum absolute atomic E-state index is 0.0196. The first kappa shape index (κ1) is 19.8. The molecule has 1 N–H and O–H groups in total. The molecule has 4 heterocycles. The SMILES string of the molecule is CNc1nc([C@@H]2CCCN(C(C)=O)C2)nc2c1CN(C(=O)c1scnc1C)CC2. The summed E-state index contributed by atoms with van der Waals surface area (Å²) >= 11 is 1.38. The van der Waals surface area contributed by atoms with E-state index in [1.54, 1.807) is 12.4 Å². The molecule has 29 heavy (non-hydrogen) atoms. The van der Waals surface area contributed by atoms with Gasteiger partial charge in [-0.25, -0.2) is 15.0 Å². The Labute approximate surface area is 174 Å². The summed E-state index contributed by atoms with van der Waals surface area (Å²) in [6, 6.07) is 0. The lowest BCUT2D eigenvalue weighted by Crippen LogP contribution is -2.39. The predicted molar refractivity (Wildman–Crippen MR) is 111 cm³/mol. The van der Waals surface area contributed by atoms with E-state index in [1.807, 2.05) is 23.8 Å². The van der Waals surface area contributed by atoms with Gasteiger partial charge in [-0.2, -0.15) is 0 Å². The molecule has 0 unspecified atom stereocenters. The van der Waals surface area contributed by atoms with Gasteiger partial charge in [-0.1, -0.05) is 0 Å². The summed E-state index contributed by atoms with van der Waals surface area (Å²) in [4.78, 5) is 43.0. The Morgan fingerprint density at radius 3 is 2.76 bits per heavy atom. The second kappa shape index (κ2) is 8.06. The van der Waals surface area contributed by atoms with E-state index in [0.717, 1.165) is 48.0 Å². The number of nitrogens with one attached hydrogen (secondary N) is 1. The first-order valence-corrected chi connectivity index (χ1v) is 10.9. The average molecular weight is 415 g/mol. The van der Waals surface area contributed by atoms with Gasteiger partial charge in [-0.3, -0.25) is 9.59 Å². The third-order valence-corrected chi connectivity index (χ3v) is 6.69. The lowest BCUT2D eigenvalue weighted by atomic mass is 9.96. The number of thiazole rings is 1. The van der Waals surface area contributed by atoms with E-state index in [4.69, 9.17) is 9.97 Å².